The number of aromatic amines is 1. The number of carbonyl (C=O) groups is 2. The lowest BCUT2D eigenvalue weighted by Crippen LogP contribution is -2.45. The summed E-state index contributed by atoms with van der Waals surface area (Å²) < 4.78 is 0. The Morgan fingerprint density at radius 2 is 2.05 bits per heavy atom. The van der Waals surface area contributed by atoms with Gasteiger partial charge in [0.15, 0.2) is 0 Å². The predicted molar refractivity (Wildman–Crippen MR) is 76.5 cm³/mol. The molecule has 0 radical (unpaired) electrons. The molecular weight excluding hydrogens is 256 g/mol. The predicted octanol–water partition coefficient (Wildman–Crippen LogP) is 2.03. The number of fused-ring (bicyclic) bond motifs is 1. The number of benzene rings is 1. The maximum absolute atomic E-state index is 11.6. The van der Waals surface area contributed by atoms with Crippen molar-refractivity contribution in [3.8, 4) is 0 Å². The number of hydrogen-bond acceptors (Lipinski definition) is 2. The second kappa shape index (κ2) is 5.77. The van der Waals surface area contributed by atoms with E-state index in [9.17, 15) is 14.7 Å². The fourth-order valence-electron chi connectivity index (χ4n) is 2.50. The Kier molecular flexibility index (Phi) is 4.08. The van der Waals surface area contributed by atoms with E-state index in [2.05, 4.69) is 4.98 Å². The van der Waals surface area contributed by atoms with Crippen molar-refractivity contribution in [1.82, 2.24) is 9.88 Å². The number of likely N-dealkylation sites (N-methyl/N-ethyl adjacent to an activating group) is 1. The van der Waals surface area contributed by atoms with E-state index in [1.165, 1.54) is 11.8 Å². The summed E-state index contributed by atoms with van der Waals surface area (Å²) in [6.45, 7) is 3.57. The van der Waals surface area contributed by atoms with Gasteiger partial charge in [-0.05, 0) is 18.6 Å². The Morgan fingerprint density at radius 1 is 1.35 bits per heavy atom. The summed E-state index contributed by atoms with van der Waals surface area (Å²) in [4.78, 5) is 27.5. The molecule has 0 aliphatic carbocycles. The van der Waals surface area contributed by atoms with Gasteiger partial charge in [-0.1, -0.05) is 18.2 Å². The van der Waals surface area contributed by atoms with Gasteiger partial charge in [0.25, 0.3) is 0 Å². The Morgan fingerprint density at radius 3 is 2.65 bits per heavy atom. The fourth-order valence-corrected chi connectivity index (χ4v) is 2.50. The molecule has 1 atom stereocenters. The third-order valence-electron chi connectivity index (χ3n) is 3.49. The van der Waals surface area contributed by atoms with Crippen molar-refractivity contribution >= 4 is 22.8 Å². The van der Waals surface area contributed by atoms with Crippen molar-refractivity contribution in [2.75, 3.05) is 6.54 Å². The zero-order chi connectivity index (χ0) is 14.7. The van der Waals surface area contributed by atoms with Crippen molar-refractivity contribution < 1.29 is 14.7 Å². The molecule has 2 aromatic rings. The van der Waals surface area contributed by atoms with Gasteiger partial charge >= 0.3 is 5.97 Å². The average molecular weight is 274 g/mol. The number of carboxylic acid groups (broad SMARTS) is 1. The largest absolute Gasteiger partial charge is 0.480 e. The Bertz CT molecular complexity index is 633. The van der Waals surface area contributed by atoms with Gasteiger partial charge < -0.3 is 15.0 Å². The summed E-state index contributed by atoms with van der Waals surface area (Å²) in [6, 6.07) is 6.89. The molecule has 0 saturated heterocycles. The van der Waals surface area contributed by atoms with Crippen LogP contribution in [0.1, 0.15) is 19.4 Å². The van der Waals surface area contributed by atoms with E-state index < -0.39 is 12.0 Å². The number of carbonyl (C=O) groups excluding carboxylic acids is 1. The number of H-pyrrole nitrogens is 1. The minimum atomic E-state index is -0.979. The maximum atomic E-state index is 11.6. The number of hydrogen-bond donors (Lipinski definition) is 2. The van der Waals surface area contributed by atoms with Crippen LogP contribution >= 0.6 is 0 Å². The highest BCUT2D eigenvalue weighted by atomic mass is 16.4. The number of amides is 1. The van der Waals surface area contributed by atoms with Crippen LogP contribution in [-0.2, 0) is 16.0 Å². The summed E-state index contributed by atoms with van der Waals surface area (Å²) in [7, 11) is 0. The van der Waals surface area contributed by atoms with Crippen molar-refractivity contribution in [2.24, 2.45) is 0 Å². The molecule has 1 aromatic carbocycles. The number of nitrogens with one attached hydrogen (secondary N) is 1. The highest BCUT2D eigenvalue weighted by Crippen LogP contribution is 2.20. The second-order valence-corrected chi connectivity index (χ2v) is 4.72. The number of aromatic nitrogens is 1. The first-order valence-electron chi connectivity index (χ1n) is 6.59. The minimum absolute atomic E-state index is 0.222. The molecule has 1 amide bonds. The summed E-state index contributed by atoms with van der Waals surface area (Å²) in [6.07, 6.45) is 2.11. The normalized spacial score (nSPS) is 12.3. The SMILES string of the molecule is CCN(C(C)=O)[C@@H](Cc1c[nH]c2ccccc12)C(=O)O. The lowest BCUT2D eigenvalue weighted by atomic mass is 10.0. The highest BCUT2D eigenvalue weighted by molar-refractivity contribution is 5.86. The number of carboxylic acids is 1. The van der Waals surface area contributed by atoms with Crippen LogP contribution < -0.4 is 0 Å². The summed E-state index contributed by atoms with van der Waals surface area (Å²) in [5.74, 6) is -1.20. The van der Waals surface area contributed by atoms with E-state index in [4.69, 9.17) is 0 Å². The minimum Gasteiger partial charge on any atom is -0.480 e. The third-order valence-corrected chi connectivity index (χ3v) is 3.49. The summed E-state index contributed by atoms with van der Waals surface area (Å²) >= 11 is 0. The molecule has 0 bridgehead atoms. The number of para-hydroxylation sites is 1. The molecule has 106 valence electrons. The molecule has 0 unspecified atom stereocenters. The van der Waals surface area contributed by atoms with Crippen LogP contribution in [0.15, 0.2) is 30.5 Å². The smallest absolute Gasteiger partial charge is 0.326 e. The van der Waals surface area contributed by atoms with Crippen LogP contribution in [0.2, 0.25) is 0 Å². The number of nitrogens with zero attached hydrogens (tertiary/aromatic N) is 1. The van der Waals surface area contributed by atoms with E-state index in [1.54, 1.807) is 6.92 Å². The highest BCUT2D eigenvalue weighted by Gasteiger charge is 2.27. The standard InChI is InChI=1S/C15H18N2O3/c1-3-17(10(2)18)14(15(19)20)8-11-9-16-13-7-5-4-6-12(11)13/h4-7,9,14,16H,3,8H2,1-2H3,(H,19,20)/t14-/m0/s1. The van der Waals surface area contributed by atoms with Crippen molar-refractivity contribution in [2.45, 2.75) is 26.3 Å². The van der Waals surface area contributed by atoms with E-state index >= 15 is 0 Å². The van der Waals surface area contributed by atoms with Gasteiger partial charge in [0.2, 0.25) is 5.91 Å². The lowest BCUT2D eigenvalue weighted by molar-refractivity contribution is -0.149. The molecule has 5 nitrogen and oxygen atoms in total. The van der Waals surface area contributed by atoms with E-state index in [0.717, 1.165) is 16.5 Å². The molecule has 5 heteroatoms. The summed E-state index contributed by atoms with van der Waals surface area (Å²) in [5, 5.41) is 10.4. The molecule has 0 aliphatic rings. The van der Waals surface area contributed by atoms with Gasteiger partial charge in [-0.3, -0.25) is 4.79 Å². The number of aliphatic carboxylic acids is 1. The van der Waals surface area contributed by atoms with Crippen molar-refractivity contribution in [3.63, 3.8) is 0 Å². The monoisotopic (exact) mass is 274 g/mol. The quantitative estimate of drug-likeness (QED) is 0.876. The van der Waals surface area contributed by atoms with Crippen LogP contribution in [0.3, 0.4) is 0 Å². The van der Waals surface area contributed by atoms with Crippen LogP contribution in [0.5, 0.6) is 0 Å². The molecule has 2 N–H and O–H groups in total. The zero-order valence-corrected chi connectivity index (χ0v) is 11.6. The Hall–Kier alpha value is -2.30. The molecule has 0 spiro atoms. The fraction of sp³-hybridized carbons (Fsp3) is 0.333. The molecule has 0 fully saturated rings. The first-order valence-corrected chi connectivity index (χ1v) is 6.59. The molecule has 0 saturated carbocycles. The molecule has 1 heterocycles. The van der Waals surface area contributed by atoms with Gasteiger partial charge in [-0.15, -0.1) is 0 Å². The average Bonchev–Trinajstić information content (AvgIpc) is 2.81. The maximum Gasteiger partial charge on any atom is 0.326 e. The molecule has 2 rings (SSSR count). The van der Waals surface area contributed by atoms with Crippen molar-refractivity contribution in [1.29, 1.82) is 0 Å². The first kappa shape index (κ1) is 14.1. The Balaban J connectivity index is 2.33. The second-order valence-electron chi connectivity index (χ2n) is 4.72. The molecule has 20 heavy (non-hydrogen) atoms. The summed E-state index contributed by atoms with van der Waals surface area (Å²) in [5.41, 5.74) is 1.88. The van der Waals surface area contributed by atoms with Gasteiger partial charge in [-0.2, -0.15) is 0 Å². The van der Waals surface area contributed by atoms with Gasteiger partial charge in [-0.25, -0.2) is 4.79 Å². The molecule has 0 aliphatic heterocycles. The molecular formula is C15H18N2O3. The van der Waals surface area contributed by atoms with E-state index in [0.29, 0.717) is 13.0 Å². The third kappa shape index (κ3) is 2.66. The lowest BCUT2D eigenvalue weighted by Gasteiger charge is -2.26. The van der Waals surface area contributed by atoms with Gasteiger partial charge in [0.05, 0.1) is 0 Å². The molecule has 1 aromatic heterocycles. The van der Waals surface area contributed by atoms with Gasteiger partial charge in [0.1, 0.15) is 6.04 Å². The van der Waals surface area contributed by atoms with Gasteiger partial charge in [0, 0.05) is 37.0 Å². The first-order chi connectivity index (χ1) is 9.54. The van der Waals surface area contributed by atoms with Crippen LogP contribution in [0.25, 0.3) is 10.9 Å². The number of rotatable bonds is 5. The van der Waals surface area contributed by atoms with E-state index in [-0.39, 0.29) is 5.91 Å². The van der Waals surface area contributed by atoms with Crippen molar-refractivity contribution in [3.05, 3.63) is 36.0 Å². The topological polar surface area (TPSA) is 73.4 Å². The zero-order valence-electron chi connectivity index (χ0n) is 11.6. The van der Waals surface area contributed by atoms with Crippen LogP contribution in [-0.4, -0.2) is 39.5 Å². The van der Waals surface area contributed by atoms with E-state index in [1.807, 2.05) is 30.5 Å². The Labute approximate surface area is 117 Å². The van der Waals surface area contributed by atoms with Crippen LogP contribution in [0, 0.1) is 0 Å². The van der Waals surface area contributed by atoms with Crippen LogP contribution in [0.4, 0.5) is 0 Å².